The van der Waals surface area contributed by atoms with Crippen molar-refractivity contribution < 1.29 is 0 Å². The Labute approximate surface area is 79.0 Å². The Balaban J connectivity index is 2.39. The van der Waals surface area contributed by atoms with Crippen molar-refractivity contribution in [2.24, 2.45) is 0 Å². The second-order valence-corrected chi connectivity index (χ2v) is 3.00. The molecule has 70 valence electrons. The SMILES string of the molecule is C#CC(CC)NCc1cnc(C)[nH]1. The van der Waals surface area contributed by atoms with Crippen LogP contribution < -0.4 is 5.32 Å². The van der Waals surface area contributed by atoms with Crippen molar-refractivity contribution in [3.63, 3.8) is 0 Å². The van der Waals surface area contributed by atoms with E-state index in [-0.39, 0.29) is 6.04 Å². The smallest absolute Gasteiger partial charge is 0.103 e. The summed E-state index contributed by atoms with van der Waals surface area (Å²) in [7, 11) is 0. The molecular formula is C10H15N3. The van der Waals surface area contributed by atoms with Crippen LogP contribution in [0.1, 0.15) is 24.9 Å². The van der Waals surface area contributed by atoms with E-state index >= 15 is 0 Å². The van der Waals surface area contributed by atoms with Gasteiger partial charge in [-0.3, -0.25) is 5.32 Å². The van der Waals surface area contributed by atoms with Gasteiger partial charge in [-0.1, -0.05) is 12.8 Å². The summed E-state index contributed by atoms with van der Waals surface area (Å²) >= 11 is 0. The topological polar surface area (TPSA) is 40.7 Å². The number of H-pyrrole nitrogens is 1. The van der Waals surface area contributed by atoms with Crippen LogP contribution in [0, 0.1) is 19.3 Å². The third-order valence-electron chi connectivity index (χ3n) is 1.90. The van der Waals surface area contributed by atoms with E-state index in [4.69, 9.17) is 6.42 Å². The zero-order valence-electron chi connectivity index (χ0n) is 8.09. The van der Waals surface area contributed by atoms with E-state index in [1.807, 2.05) is 13.1 Å². The number of aryl methyl sites for hydroxylation is 1. The quantitative estimate of drug-likeness (QED) is 0.679. The fourth-order valence-electron chi connectivity index (χ4n) is 1.12. The zero-order valence-corrected chi connectivity index (χ0v) is 8.09. The molecule has 0 aliphatic carbocycles. The monoisotopic (exact) mass is 177 g/mol. The molecule has 0 aliphatic heterocycles. The maximum atomic E-state index is 5.31. The average Bonchev–Trinajstić information content (AvgIpc) is 2.53. The number of hydrogen-bond acceptors (Lipinski definition) is 2. The van der Waals surface area contributed by atoms with E-state index in [0.29, 0.717) is 0 Å². The number of hydrogen-bond donors (Lipinski definition) is 2. The van der Waals surface area contributed by atoms with Crippen LogP contribution in [0.2, 0.25) is 0 Å². The van der Waals surface area contributed by atoms with E-state index in [1.54, 1.807) is 0 Å². The molecule has 1 aromatic heterocycles. The highest BCUT2D eigenvalue weighted by Crippen LogP contribution is 1.96. The molecule has 1 heterocycles. The van der Waals surface area contributed by atoms with Crippen molar-refractivity contribution in [2.75, 3.05) is 0 Å². The van der Waals surface area contributed by atoms with E-state index in [1.165, 1.54) is 0 Å². The molecule has 2 N–H and O–H groups in total. The van der Waals surface area contributed by atoms with Crippen LogP contribution in [0.15, 0.2) is 6.20 Å². The molecule has 1 unspecified atom stereocenters. The summed E-state index contributed by atoms with van der Waals surface area (Å²) in [6, 6.07) is 0.156. The van der Waals surface area contributed by atoms with Crippen molar-refractivity contribution in [1.29, 1.82) is 0 Å². The number of rotatable bonds is 4. The number of nitrogens with zero attached hydrogens (tertiary/aromatic N) is 1. The molecule has 0 spiro atoms. The van der Waals surface area contributed by atoms with E-state index in [2.05, 4.69) is 28.1 Å². The minimum absolute atomic E-state index is 0.156. The van der Waals surface area contributed by atoms with Gasteiger partial charge in [0.1, 0.15) is 5.82 Å². The average molecular weight is 177 g/mol. The third kappa shape index (κ3) is 2.92. The number of nitrogens with one attached hydrogen (secondary N) is 2. The minimum Gasteiger partial charge on any atom is -0.345 e. The van der Waals surface area contributed by atoms with Gasteiger partial charge in [0.15, 0.2) is 0 Å². The molecule has 1 atom stereocenters. The molecule has 0 fully saturated rings. The van der Waals surface area contributed by atoms with Gasteiger partial charge >= 0.3 is 0 Å². The minimum atomic E-state index is 0.156. The van der Waals surface area contributed by atoms with Gasteiger partial charge in [-0.05, 0) is 13.3 Å². The number of aromatic nitrogens is 2. The van der Waals surface area contributed by atoms with Gasteiger partial charge in [-0.15, -0.1) is 6.42 Å². The first-order valence-corrected chi connectivity index (χ1v) is 4.46. The third-order valence-corrected chi connectivity index (χ3v) is 1.90. The summed E-state index contributed by atoms with van der Waals surface area (Å²) in [6.07, 6.45) is 8.09. The molecule has 3 heteroatoms. The number of terminal acetylenes is 1. The summed E-state index contributed by atoms with van der Waals surface area (Å²) < 4.78 is 0. The Hall–Kier alpha value is -1.27. The normalized spacial score (nSPS) is 12.4. The number of aromatic amines is 1. The molecule has 0 radical (unpaired) electrons. The Kier molecular flexibility index (Phi) is 3.53. The van der Waals surface area contributed by atoms with Crippen molar-refractivity contribution in [2.45, 2.75) is 32.9 Å². The molecule has 1 aromatic rings. The molecule has 0 amide bonds. The maximum Gasteiger partial charge on any atom is 0.103 e. The molecule has 3 nitrogen and oxygen atoms in total. The predicted molar refractivity (Wildman–Crippen MR) is 53.1 cm³/mol. The van der Waals surface area contributed by atoms with Crippen molar-refractivity contribution in [1.82, 2.24) is 15.3 Å². The summed E-state index contributed by atoms with van der Waals surface area (Å²) in [5.41, 5.74) is 1.08. The summed E-state index contributed by atoms with van der Waals surface area (Å²) in [6.45, 7) is 4.75. The standard InChI is InChI=1S/C10H15N3/c1-4-9(5-2)12-7-10-6-11-8(3)13-10/h1,6,9,12H,5,7H2,2-3H3,(H,11,13). The van der Waals surface area contributed by atoms with Gasteiger partial charge in [-0.2, -0.15) is 0 Å². The first-order valence-electron chi connectivity index (χ1n) is 4.46. The van der Waals surface area contributed by atoms with Gasteiger partial charge in [0.05, 0.1) is 6.04 Å². The maximum absolute atomic E-state index is 5.31. The second kappa shape index (κ2) is 4.68. The van der Waals surface area contributed by atoms with Crippen LogP contribution in [-0.4, -0.2) is 16.0 Å². The van der Waals surface area contributed by atoms with Crippen LogP contribution in [0.25, 0.3) is 0 Å². The molecule has 0 saturated heterocycles. The van der Waals surface area contributed by atoms with Gasteiger partial charge < -0.3 is 4.98 Å². The van der Waals surface area contributed by atoms with Crippen LogP contribution in [-0.2, 0) is 6.54 Å². The van der Waals surface area contributed by atoms with Crippen LogP contribution >= 0.6 is 0 Å². The Morgan fingerprint density at radius 1 is 1.77 bits per heavy atom. The molecular weight excluding hydrogens is 162 g/mol. The first-order chi connectivity index (χ1) is 6.26. The molecule has 0 aliphatic rings. The largest absolute Gasteiger partial charge is 0.345 e. The van der Waals surface area contributed by atoms with Gasteiger partial charge in [0, 0.05) is 18.4 Å². The zero-order chi connectivity index (χ0) is 9.68. The van der Waals surface area contributed by atoms with Crippen molar-refractivity contribution in [3.8, 4) is 12.3 Å². The van der Waals surface area contributed by atoms with Crippen molar-refractivity contribution >= 4 is 0 Å². The lowest BCUT2D eigenvalue weighted by molar-refractivity contribution is 0.586. The lowest BCUT2D eigenvalue weighted by Gasteiger charge is -2.08. The molecule has 0 saturated carbocycles. The lowest BCUT2D eigenvalue weighted by atomic mass is 10.2. The van der Waals surface area contributed by atoms with Gasteiger partial charge in [-0.25, -0.2) is 4.98 Å². The Morgan fingerprint density at radius 3 is 3.00 bits per heavy atom. The highest BCUT2D eigenvalue weighted by molar-refractivity contribution is 5.03. The Bertz CT molecular complexity index is 295. The van der Waals surface area contributed by atoms with Crippen LogP contribution in [0.3, 0.4) is 0 Å². The first kappa shape index (κ1) is 9.82. The molecule has 0 aromatic carbocycles. The predicted octanol–water partition coefficient (Wildman–Crippen LogP) is 1.22. The molecule has 1 rings (SSSR count). The molecule has 13 heavy (non-hydrogen) atoms. The fraction of sp³-hybridized carbons (Fsp3) is 0.500. The highest BCUT2D eigenvalue weighted by atomic mass is 15.0. The van der Waals surface area contributed by atoms with Gasteiger partial charge in [0.25, 0.3) is 0 Å². The van der Waals surface area contributed by atoms with Crippen LogP contribution in [0.4, 0.5) is 0 Å². The second-order valence-electron chi connectivity index (χ2n) is 3.00. The number of imidazole rings is 1. The molecule has 0 bridgehead atoms. The highest BCUT2D eigenvalue weighted by Gasteiger charge is 2.01. The summed E-state index contributed by atoms with van der Waals surface area (Å²) in [5, 5.41) is 3.24. The lowest BCUT2D eigenvalue weighted by Crippen LogP contribution is -2.26. The van der Waals surface area contributed by atoms with Gasteiger partial charge in [0.2, 0.25) is 0 Å². The van der Waals surface area contributed by atoms with E-state index < -0.39 is 0 Å². The fourth-order valence-corrected chi connectivity index (χ4v) is 1.12. The summed E-state index contributed by atoms with van der Waals surface area (Å²) in [4.78, 5) is 7.24. The van der Waals surface area contributed by atoms with Crippen molar-refractivity contribution in [3.05, 3.63) is 17.7 Å². The Morgan fingerprint density at radius 2 is 2.54 bits per heavy atom. The van der Waals surface area contributed by atoms with Crippen LogP contribution in [0.5, 0.6) is 0 Å². The summed E-state index contributed by atoms with van der Waals surface area (Å²) in [5.74, 6) is 3.62. The van der Waals surface area contributed by atoms with E-state index in [0.717, 1.165) is 24.5 Å². The van der Waals surface area contributed by atoms with E-state index in [9.17, 15) is 0 Å².